The van der Waals surface area contributed by atoms with E-state index in [2.05, 4.69) is 43.4 Å². The SMILES string of the molecule is Cc1ccc(SCC(C#N)NC2CC2)c(C)c1. The molecule has 90 valence electrons. The Morgan fingerprint density at radius 1 is 1.47 bits per heavy atom. The fraction of sp³-hybridized carbons (Fsp3) is 0.500. The van der Waals surface area contributed by atoms with Gasteiger partial charge in [0.2, 0.25) is 0 Å². The molecule has 1 aliphatic carbocycles. The van der Waals surface area contributed by atoms with Crippen LogP contribution in [0.15, 0.2) is 23.1 Å². The molecule has 0 bridgehead atoms. The lowest BCUT2D eigenvalue weighted by Crippen LogP contribution is -2.31. The van der Waals surface area contributed by atoms with E-state index in [1.54, 1.807) is 11.8 Å². The molecule has 0 radical (unpaired) electrons. The van der Waals surface area contributed by atoms with Crippen LogP contribution in [0.3, 0.4) is 0 Å². The van der Waals surface area contributed by atoms with Crippen LogP contribution >= 0.6 is 11.8 Å². The molecule has 2 nitrogen and oxygen atoms in total. The third-order valence-corrected chi connectivity index (χ3v) is 4.18. The Hall–Kier alpha value is -0.980. The molecule has 3 heteroatoms. The first-order valence-electron chi connectivity index (χ1n) is 6.05. The highest BCUT2D eigenvalue weighted by molar-refractivity contribution is 7.99. The third kappa shape index (κ3) is 3.76. The minimum atomic E-state index is -0.0202. The summed E-state index contributed by atoms with van der Waals surface area (Å²) in [6.45, 7) is 4.24. The summed E-state index contributed by atoms with van der Waals surface area (Å²) < 4.78 is 0. The Labute approximate surface area is 107 Å². The first-order chi connectivity index (χ1) is 8.19. The van der Waals surface area contributed by atoms with Crippen molar-refractivity contribution in [1.29, 1.82) is 5.26 Å². The molecule has 1 aliphatic rings. The quantitative estimate of drug-likeness (QED) is 0.811. The zero-order valence-corrected chi connectivity index (χ0v) is 11.2. The van der Waals surface area contributed by atoms with E-state index >= 15 is 0 Å². The maximum Gasteiger partial charge on any atom is 0.105 e. The molecule has 1 aromatic carbocycles. The van der Waals surface area contributed by atoms with E-state index in [0.29, 0.717) is 6.04 Å². The molecule has 0 heterocycles. The molecule has 0 amide bonds. The van der Waals surface area contributed by atoms with E-state index in [4.69, 9.17) is 5.26 Å². The van der Waals surface area contributed by atoms with Crippen molar-refractivity contribution in [3.05, 3.63) is 29.3 Å². The number of aryl methyl sites for hydroxylation is 2. The summed E-state index contributed by atoms with van der Waals surface area (Å²) in [4.78, 5) is 1.29. The highest BCUT2D eigenvalue weighted by atomic mass is 32.2. The summed E-state index contributed by atoms with van der Waals surface area (Å²) in [5, 5.41) is 12.4. The van der Waals surface area contributed by atoms with Gasteiger partial charge in [-0.05, 0) is 38.3 Å². The van der Waals surface area contributed by atoms with Gasteiger partial charge in [0, 0.05) is 16.7 Å². The molecule has 1 N–H and O–H groups in total. The maximum absolute atomic E-state index is 9.07. The molecule has 0 saturated heterocycles. The van der Waals surface area contributed by atoms with Crippen LogP contribution in [0.25, 0.3) is 0 Å². The molecular weight excluding hydrogens is 228 g/mol. The summed E-state index contributed by atoms with van der Waals surface area (Å²) in [7, 11) is 0. The van der Waals surface area contributed by atoms with Crippen molar-refractivity contribution in [1.82, 2.24) is 5.32 Å². The van der Waals surface area contributed by atoms with Crippen LogP contribution in [0.5, 0.6) is 0 Å². The Morgan fingerprint density at radius 3 is 2.82 bits per heavy atom. The third-order valence-electron chi connectivity index (χ3n) is 2.91. The van der Waals surface area contributed by atoms with Crippen LogP contribution in [0.2, 0.25) is 0 Å². The van der Waals surface area contributed by atoms with Crippen LogP contribution in [-0.2, 0) is 0 Å². The lowest BCUT2D eigenvalue weighted by atomic mass is 10.2. The number of hydrogen-bond donors (Lipinski definition) is 1. The molecule has 0 aliphatic heterocycles. The van der Waals surface area contributed by atoms with Gasteiger partial charge < -0.3 is 0 Å². The standard InChI is InChI=1S/C14H18N2S/c1-10-3-6-14(11(2)7-10)17-9-13(8-15)16-12-4-5-12/h3,6-7,12-13,16H,4-5,9H2,1-2H3. The fourth-order valence-electron chi connectivity index (χ4n) is 1.79. The van der Waals surface area contributed by atoms with E-state index in [-0.39, 0.29) is 6.04 Å². The molecule has 0 aromatic heterocycles. The van der Waals surface area contributed by atoms with Crippen molar-refractivity contribution >= 4 is 11.8 Å². The Bertz CT molecular complexity index is 432. The highest BCUT2D eigenvalue weighted by Crippen LogP contribution is 2.25. The monoisotopic (exact) mass is 246 g/mol. The van der Waals surface area contributed by atoms with Crippen LogP contribution in [0.4, 0.5) is 0 Å². The summed E-state index contributed by atoms with van der Waals surface area (Å²) in [6, 6.07) is 9.40. The minimum Gasteiger partial charge on any atom is -0.298 e. The summed E-state index contributed by atoms with van der Waals surface area (Å²) in [5.74, 6) is 0.830. The summed E-state index contributed by atoms with van der Waals surface area (Å²) >= 11 is 1.77. The number of nitriles is 1. The molecule has 1 fully saturated rings. The van der Waals surface area contributed by atoms with E-state index in [1.807, 2.05) is 0 Å². The van der Waals surface area contributed by atoms with Gasteiger partial charge >= 0.3 is 0 Å². The number of rotatable bonds is 5. The van der Waals surface area contributed by atoms with E-state index in [9.17, 15) is 0 Å². The van der Waals surface area contributed by atoms with Crippen molar-refractivity contribution < 1.29 is 0 Å². The lowest BCUT2D eigenvalue weighted by Gasteiger charge is -2.11. The van der Waals surface area contributed by atoms with E-state index in [0.717, 1.165) is 5.75 Å². The summed E-state index contributed by atoms with van der Waals surface area (Å²) in [5.41, 5.74) is 2.60. The summed E-state index contributed by atoms with van der Waals surface area (Å²) in [6.07, 6.45) is 2.46. The zero-order chi connectivity index (χ0) is 12.3. The number of hydrogen-bond acceptors (Lipinski definition) is 3. The van der Waals surface area contributed by atoms with Crippen LogP contribution in [0.1, 0.15) is 24.0 Å². The van der Waals surface area contributed by atoms with Gasteiger partial charge in [-0.1, -0.05) is 17.7 Å². The first-order valence-corrected chi connectivity index (χ1v) is 7.03. The molecule has 1 unspecified atom stereocenters. The molecule has 0 spiro atoms. The smallest absolute Gasteiger partial charge is 0.105 e. The van der Waals surface area contributed by atoms with E-state index in [1.165, 1.54) is 28.9 Å². The van der Waals surface area contributed by atoms with Crippen LogP contribution < -0.4 is 5.32 Å². The average molecular weight is 246 g/mol. The van der Waals surface area contributed by atoms with Crippen molar-refractivity contribution in [2.75, 3.05) is 5.75 Å². The number of benzene rings is 1. The molecule has 2 rings (SSSR count). The topological polar surface area (TPSA) is 35.8 Å². The predicted octanol–water partition coefficient (Wildman–Crippen LogP) is 3.04. The van der Waals surface area contributed by atoms with Gasteiger partial charge in [-0.25, -0.2) is 0 Å². The Kier molecular flexibility index (Phi) is 4.09. The fourth-order valence-corrected chi connectivity index (χ4v) is 2.76. The van der Waals surface area contributed by atoms with Gasteiger partial charge in [0.1, 0.15) is 6.04 Å². The molecule has 1 saturated carbocycles. The average Bonchev–Trinajstić information content (AvgIpc) is 3.10. The van der Waals surface area contributed by atoms with Gasteiger partial charge in [0.15, 0.2) is 0 Å². The van der Waals surface area contributed by atoms with E-state index < -0.39 is 0 Å². The maximum atomic E-state index is 9.07. The zero-order valence-electron chi connectivity index (χ0n) is 10.4. The first kappa shape index (κ1) is 12.5. The minimum absolute atomic E-state index is 0.0202. The lowest BCUT2D eigenvalue weighted by molar-refractivity contribution is 0.644. The second-order valence-electron chi connectivity index (χ2n) is 4.70. The van der Waals surface area contributed by atoms with Gasteiger partial charge in [-0.15, -0.1) is 11.8 Å². The molecule has 1 aromatic rings. The van der Waals surface area contributed by atoms with Crippen molar-refractivity contribution in [2.45, 2.75) is 43.7 Å². The van der Waals surface area contributed by atoms with Crippen LogP contribution in [-0.4, -0.2) is 17.8 Å². The second kappa shape index (κ2) is 5.57. The van der Waals surface area contributed by atoms with Gasteiger partial charge in [0.25, 0.3) is 0 Å². The van der Waals surface area contributed by atoms with Gasteiger partial charge in [0.05, 0.1) is 6.07 Å². The van der Waals surface area contributed by atoms with Crippen molar-refractivity contribution in [3.63, 3.8) is 0 Å². The Morgan fingerprint density at radius 2 is 2.24 bits per heavy atom. The molecular formula is C14H18N2S. The highest BCUT2D eigenvalue weighted by Gasteiger charge is 2.24. The largest absolute Gasteiger partial charge is 0.298 e. The van der Waals surface area contributed by atoms with Gasteiger partial charge in [-0.2, -0.15) is 5.26 Å². The number of thioether (sulfide) groups is 1. The Balaban J connectivity index is 1.89. The number of nitrogens with one attached hydrogen (secondary N) is 1. The number of nitrogens with zero attached hydrogens (tertiary/aromatic N) is 1. The molecule has 17 heavy (non-hydrogen) atoms. The van der Waals surface area contributed by atoms with Gasteiger partial charge in [-0.3, -0.25) is 5.32 Å². The normalized spacial score (nSPS) is 16.5. The molecule has 1 atom stereocenters. The van der Waals surface area contributed by atoms with Crippen molar-refractivity contribution in [2.24, 2.45) is 0 Å². The van der Waals surface area contributed by atoms with Crippen molar-refractivity contribution in [3.8, 4) is 6.07 Å². The second-order valence-corrected chi connectivity index (χ2v) is 5.76. The predicted molar refractivity (Wildman–Crippen MR) is 72.2 cm³/mol. The van der Waals surface area contributed by atoms with Crippen LogP contribution in [0, 0.1) is 25.2 Å².